The predicted molar refractivity (Wildman–Crippen MR) is 154 cm³/mol. The molecule has 7 rings (SSSR count). The topological polar surface area (TPSA) is 6.48 Å². The fourth-order valence-corrected chi connectivity index (χ4v) is 6.97. The van der Waals surface area contributed by atoms with Crippen molar-refractivity contribution in [2.75, 3.05) is 9.80 Å². The number of anilines is 3. The zero-order valence-electron chi connectivity index (χ0n) is 21.2. The molecule has 36 heavy (non-hydrogen) atoms. The van der Waals surface area contributed by atoms with Gasteiger partial charge in [-0.1, -0.05) is 95.0 Å². The van der Waals surface area contributed by atoms with Crippen LogP contribution in [0.3, 0.4) is 0 Å². The third-order valence-electron chi connectivity index (χ3n) is 8.55. The van der Waals surface area contributed by atoms with E-state index in [-0.39, 0.29) is 6.04 Å². The quantitative estimate of drug-likeness (QED) is 0.371. The second kappa shape index (κ2) is 8.16. The van der Waals surface area contributed by atoms with Crippen molar-refractivity contribution in [1.29, 1.82) is 0 Å². The minimum Gasteiger partial charge on any atom is -0.339 e. The van der Waals surface area contributed by atoms with E-state index in [9.17, 15) is 0 Å². The molecular formula is C33H31BN2. The second-order valence-electron chi connectivity index (χ2n) is 10.8. The van der Waals surface area contributed by atoms with E-state index in [4.69, 9.17) is 0 Å². The first-order valence-electron chi connectivity index (χ1n) is 13.2. The molecule has 1 fully saturated rings. The van der Waals surface area contributed by atoms with Gasteiger partial charge in [-0.15, -0.1) is 0 Å². The van der Waals surface area contributed by atoms with Gasteiger partial charge >= 0.3 is 0 Å². The van der Waals surface area contributed by atoms with Crippen molar-refractivity contribution < 1.29 is 0 Å². The summed E-state index contributed by atoms with van der Waals surface area (Å²) in [6, 6.07) is 27.8. The standard InChI is InChI=1S/C33H31BN2/c1-22-11-16-25(17-12-22)35-29-8-5-4-7-27(29)34-28-21-24(3)15-20-30(28)36(26-18-13-23(2)14-19-26)32-10-6-9-31(35)33(32)34/h4-21,28,30-31,33H,1-3H3. The van der Waals surface area contributed by atoms with E-state index in [1.165, 1.54) is 44.9 Å². The van der Waals surface area contributed by atoms with Gasteiger partial charge < -0.3 is 9.80 Å². The normalized spacial score (nSPS) is 25.6. The van der Waals surface area contributed by atoms with Crippen LogP contribution in [0.15, 0.2) is 121 Å². The highest BCUT2D eigenvalue weighted by Gasteiger charge is 2.55. The fraction of sp³-hybridized carbons (Fsp3) is 0.212. The van der Waals surface area contributed by atoms with Gasteiger partial charge in [-0.25, -0.2) is 0 Å². The van der Waals surface area contributed by atoms with Crippen molar-refractivity contribution in [1.82, 2.24) is 0 Å². The van der Waals surface area contributed by atoms with E-state index >= 15 is 0 Å². The number of hydrogen-bond donors (Lipinski definition) is 0. The lowest BCUT2D eigenvalue weighted by Crippen LogP contribution is -2.64. The van der Waals surface area contributed by atoms with Crippen LogP contribution in [0.25, 0.3) is 0 Å². The highest BCUT2D eigenvalue weighted by atomic mass is 15.2. The number of hydrogen-bond acceptors (Lipinski definition) is 2. The second-order valence-corrected chi connectivity index (χ2v) is 10.8. The third-order valence-corrected chi connectivity index (χ3v) is 8.55. The van der Waals surface area contributed by atoms with Crippen LogP contribution in [0, 0.1) is 13.8 Å². The van der Waals surface area contributed by atoms with Crippen LogP contribution in [0.5, 0.6) is 0 Å². The largest absolute Gasteiger partial charge is 0.339 e. The molecule has 3 heteroatoms. The van der Waals surface area contributed by atoms with Gasteiger partial charge in [0.25, 0.3) is 0 Å². The lowest BCUT2D eigenvalue weighted by atomic mass is 9.24. The molecule has 0 saturated carbocycles. The van der Waals surface area contributed by atoms with E-state index in [0.29, 0.717) is 24.4 Å². The van der Waals surface area contributed by atoms with Gasteiger partial charge in [0.1, 0.15) is 0 Å². The average Bonchev–Trinajstić information content (AvgIpc) is 2.90. The summed E-state index contributed by atoms with van der Waals surface area (Å²) in [5.74, 6) is 0.776. The Morgan fingerprint density at radius 3 is 2.08 bits per heavy atom. The summed E-state index contributed by atoms with van der Waals surface area (Å²) in [7, 11) is 0. The molecule has 2 heterocycles. The van der Waals surface area contributed by atoms with Gasteiger partial charge in [-0.3, -0.25) is 0 Å². The first kappa shape index (κ1) is 21.6. The summed E-state index contributed by atoms with van der Waals surface area (Å²) in [5, 5.41) is 0. The molecule has 2 aliphatic heterocycles. The Kier molecular flexibility index (Phi) is 4.89. The first-order chi connectivity index (χ1) is 17.6. The molecular weight excluding hydrogens is 435 g/mol. The van der Waals surface area contributed by atoms with Gasteiger partial charge in [-0.2, -0.15) is 0 Å². The number of nitrogens with zero attached hydrogens (tertiary/aromatic N) is 2. The fourth-order valence-electron chi connectivity index (χ4n) is 6.97. The Labute approximate surface area is 215 Å². The molecule has 2 nitrogen and oxygen atoms in total. The third kappa shape index (κ3) is 3.19. The Morgan fingerprint density at radius 1 is 0.694 bits per heavy atom. The van der Waals surface area contributed by atoms with E-state index in [1.54, 1.807) is 0 Å². The molecule has 4 atom stereocenters. The highest BCUT2D eigenvalue weighted by Crippen LogP contribution is 2.54. The maximum absolute atomic E-state index is 2.63. The molecule has 0 bridgehead atoms. The molecule has 0 spiro atoms. The molecule has 1 saturated heterocycles. The maximum atomic E-state index is 2.63. The summed E-state index contributed by atoms with van der Waals surface area (Å²) >= 11 is 0. The average molecular weight is 466 g/mol. The summed E-state index contributed by atoms with van der Waals surface area (Å²) in [6.45, 7) is 7.01. The minimum atomic E-state index is 0.265. The molecule has 0 N–H and O–H groups in total. The Hall–Kier alpha value is -3.72. The number of fused-ring (bicyclic) bond motifs is 4. The van der Waals surface area contributed by atoms with Crippen LogP contribution in [0.1, 0.15) is 18.1 Å². The number of rotatable bonds is 2. The Morgan fingerprint density at radius 2 is 1.36 bits per heavy atom. The first-order valence-corrected chi connectivity index (χ1v) is 13.2. The number of allylic oxidation sites excluding steroid dienone is 4. The SMILES string of the molecule is CC1=CC2B3c4ccccc4N(c4ccc(C)cc4)C4C=CC=C(C34)N(c3ccc(C)cc3)C2C=C1. The van der Waals surface area contributed by atoms with E-state index < -0.39 is 0 Å². The Balaban J connectivity index is 1.46. The summed E-state index contributed by atoms with van der Waals surface area (Å²) in [5.41, 5.74) is 10.8. The van der Waals surface area contributed by atoms with Gasteiger partial charge in [0.05, 0.1) is 12.1 Å². The van der Waals surface area contributed by atoms with Gasteiger partial charge in [0.15, 0.2) is 6.71 Å². The predicted octanol–water partition coefficient (Wildman–Crippen LogP) is 7.12. The molecule has 4 aliphatic rings. The zero-order valence-corrected chi connectivity index (χ0v) is 21.2. The van der Waals surface area contributed by atoms with Crippen molar-refractivity contribution in [3.63, 3.8) is 0 Å². The summed E-state index contributed by atoms with van der Waals surface area (Å²) < 4.78 is 0. The molecule has 3 aromatic rings. The van der Waals surface area contributed by atoms with Crippen LogP contribution in [0.4, 0.5) is 17.1 Å². The molecule has 0 aromatic heterocycles. The van der Waals surface area contributed by atoms with Crippen LogP contribution in [0.2, 0.25) is 11.6 Å². The van der Waals surface area contributed by atoms with Crippen LogP contribution in [-0.4, -0.2) is 18.8 Å². The monoisotopic (exact) mass is 466 g/mol. The van der Waals surface area contributed by atoms with Crippen molar-refractivity contribution in [3.8, 4) is 0 Å². The van der Waals surface area contributed by atoms with E-state index in [2.05, 4.69) is 140 Å². The smallest absolute Gasteiger partial charge is 0.200 e. The highest BCUT2D eigenvalue weighted by molar-refractivity contribution is 6.80. The summed E-state index contributed by atoms with van der Waals surface area (Å²) in [6.07, 6.45) is 14.4. The van der Waals surface area contributed by atoms with Gasteiger partial charge in [0, 0.05) is 28.6 Å². The summed E-state index contributed by atoms with van der Waals surface area (Å²) in [4.78, 5) is 5.21. The van der Waals surface area contributed by atoms with Crippen molar-refractivity contribution >= 4 is 29.2 Å². The van der Waals surface area contributed by atoms with E-state index in [0.717, 1.165) is 0 Å². The van der Waals surface area contributed by atoms with Crippen LogP contribution in [-0.2, 0) is 0 Å². The van der Waals surface area contributed by atoms with Crippen LogP contribution < -0.4 is 15.3 Å². The van der Waals surface area contributed by atoms with Gasteiger partial charge in [0.2, 0.25) is 0 Å². The minimum absolute atomic E-state index is 0.265. The van der Waals surface area contributed by atoms with Crippen molar-refractivity contribution in [2.45, 2.75) is 44.5 Å². The molecule has 3 aromatic carbocycles. The molecule has 4 unspecified atom stereocenters. The van der Waals surface area contributed by atoms with Crippen LogP contribution >= 0.6 is 0 Å². The maximum Gasteiger partial charge on any atom is 0.200 e. The molecule has 2 aliphatic carbocycles. The number of aryl methyl sites for hydroxylation is 2. The molecule has 176 valence electrons. The Bertz CT molecular complexity index is 1440. The number of benzene rings is 3. The zero-order chi connectivity index (χ0) is 24.4. The lowest BCUT2D eigenvalue weighted by Gasteiger charge is -2.57. The molecule has 0 amide bonds. The number of para-hydroxylation sites is 1. The lowest BCUT2D eigenvalue weighted by molar-refractivity contribution is 0.615. The van der Waals surface area contributed by atoms with E-state index in [1.807, 2.05) is 0 Å². The van der Waals surface area contributed by atoms with Crippen molar-refractivity contribution in [2.24, 2.45) is 0 Å². The van der Waals surface area contributed by atoms with Gasteiger partial charge in [-0.05, 0) is 63.0 Å². The molecule has 0 radical (unpaired) electrons. The van der Waals surface area contributed by atoms with Crippen molar-refractivity contribution in [3.05, 3.63) is 132 Å².